The van der Waals surface area contributed by atoms with Crippen LogP contribution in [-0.4, -0.2) is 24.5 Å². The van der Waals surface area contributed by atoms with Crippen LogP contribution in [0.15, 0.2) is 24.3 Å². The molecule has 0 aliphatic rings. The van der Waals surface area contributed by atoms with Crippen molar-refractivity contribution in [2.45, 2.75) is 45.7 Å². The van der Waals surface area contributed by atoms with Crippen molar-refractivity contribution in [2.75, 3.05) is 6.54 Å². The highest BCUT2D eigenvalue weighted by atomic mass is 35.5. The lowest BCUT2D eigenvalue weighted by molar-refractivity contribution is -0.121. The SMILES string of the molecule is CC(C)NC(=O)CCNC(C)Cc1ccc(Cl)cc1. The molecule has 0 fully saturated rings. The first-order chi connectivity index (χ1) is 8.97. The Morgan fingerprint density at radius 2 is 1.84 bits per heavy atom. The summed E-state index contributed by atoms with van der Waals surface area (Å²) in [5, 5.41) is 6.99. The second kappa shape index (κ2) is 8.18. The molecule has 0 spiro atoms. The molecular formula is C15H23ClN2O. The zero-order chi connectivity index (χ0) is 14.3. The summed E-state index contributed by atoms with van der Waals surface area (Å²) in [6.45, 7) is 6.76. The van der Waals surface area contributed by atoms with Gasteiger partial charge in [-0.25, -0.2) is 0 Å². The highest BCUT2D eigenvalue weighted by molar-refractivity contribution is 6.30. The van der Waals surface area contributed by atoms with Crippen LogP contribution in [0.1, 0.15) is 32.8 Å². The Labute approximate surface area is 120 Å². The lowest BCUT2D eigenvalue weighted by Gasteiger charge is -2.14. The van der Waals surface area contributed by atoms with E-state index in [1.54, 1.807) is 0 Å². The number of hydrogen-bond acceptors (Lipinski definition) is 2. The average molecular weight is 283 g/mol. The number of carbonyl (C=O) groups is 1. The average Bonchev–Trinajstić information content (AvgIpc) is 2.31. The van der Waals surface area contributed by atoms with Crippen molar-refractivity contribution in [2.24, 2.45) is 0 Å². The molecule has 4 heteroatoms. The number of benzene rings is 1. The van der Waals surface area contributed by atoms with E-state index in [0.717, 1.165) is 11.4 Å². The maximum absolute atomic E-state index is 11.5. The number of carbonyl (C=O) groups excluding carboxylic acids is 1. The third-order valence-electron chi connectivity index (χ3n) is 2.75. The molecule has 0 heterocycles. The van der Waals surface area contributed by atoms with Gasteiger partial charge in [0.25, 0.3) is 0 Å². The molecule has 0 aliphatic heterocycles. The van der Waals surface area contributed by atoms with E-state index in [4.69, 9.17) is 11.6 Å². The predicted octanol–water partition coefficient (Wildman–Crippen LogP) is 2.78. The Morgan fingerprint density at radius 1 is 1.21 bits per heavy atom. The van der Waals surface area contributed by atoms with E-state index >= 15 is 0 Å². The Morgan fingerprint density at radius 3 is 2.42 bits per heavy atom. The van der Waals surface area contributed by atoms with Crippen molar-refractivity contribution in [3.05, 3.63) is 34.9 Å². The van der Waals surface area contributed by atoms with Gasteiger partial charge in [-0.15, -0.1) is 0 Å². The Bertz CT molecular complexity index is 390. The van der Waals surface area contributed by atoms with E-state index in [-0.39, 0.29) is 11.9 Å². The van der Waals surface area contributed by atoms with Crippen molar-refractivity contribution in [3.8, 4) is 0 Å². The Hall–Kier alpha value is -1.06. The molecule has 0 bridgehead atoms. The van der Waals surface area contributed by atoms with Gasteiger partial charge in [-0.2, -0.15) is 0 Å². The molecule has 0 radical (unpaired) electrons. The molecule has 0 aliphatic carbocycles. The third-order valence-corrected chi connectivity index (χ3v) is 3.00. The molecule has 0 saturated carbocycles. The summed E-state index contributed by atoms with van der Waals surface area (Å²) >= 11 is 5.85. The molecule has 0 aromatic heterocycles. The Kier molecular flexibility index (Phi) is 6.89. The highest BCUT2D eigenvalue weighted by Crippen LogP contribution is 2.10. The van der Waals surface area contributed by atoms with Gasteiger partial charge in [0.15, 0.2) is 0 Å². The van der Waals surface area contributed by atoms with Crippen molar-refractivity contribution < 1.29 is 4.79 Å². The van der Waals surface area contributed by atoms with Gasteiger partial charge < -0.3 is 10.6 Å². The van der Waals surface area contributed by atoms with Gasteiger partial charge in [0.1, 0.15) is 0 Å². The van der Waals surface area contributed by atoms with E-state index in [9.17, 15) is 4.79 Å². The predicted molar refractivity (Wildman–Crippen MR) is 80.5 cm³/mol. The van der Waals surface area contributed by atoms with Crippen LogP contribution >= 0.6 is 11.6 Å². The van der Waals surface area contributed by atoms with Crippen LogP contribution in [0.2, 0.25) is 5.02 Å². The number of nitrogens with one attached hydrogen (secondary N) is 2. The smallest absolute Gasteiger partial charge is 0.221 e. The van der Waals surface area contributed by atoms with Crippen LogP contribution in [0.5, 0.6) is 0 Å². The molecule has 1 aromatic carbocycles. The molecule has 106 valence electrons. The van der Waals surface area contributed by atoms with Gasteiger partial charge >= 0.3 is 0 Å². The number of hydrogen-bond donors (Lipinski definition) is 2. The summed E-state index contributed by atoms with van der Waals surface area (Å²) in [6.07, 6.45) is 1.45. The number of rotatable bonds is 7. The van der Waals surface area contributed by atoms with Crippen molar-refractivity contribution in [3.63, 3.8) is 0 Å². The maximum Gasteiger partial charge on any atom is 0.221 e. The molecule has 1 aromatic rings. The van der Waals surface area contributed by atoms with E-state index in [1.807, 2.05) is 38.1 Å². The fourth-order valence-corrected chi connectivity index (χ4v) is 2.00. The summed E-state index contributed by atoms with van der Waals surface area (Å²) in [6, 6.07) is 8.42. The van der Waals surface area contributed by atoms with Gasteiger partial charge in [-0.1, -0.05) is 23.7 Å². The zero-order valence-electron chi connectivity index (χ0n) is 11.9. The van der Waals surface area contributed by atoms with E-state index in [0.29, 0.717) is 19.0 Å². The van der Waals surface area contributed by atoms with E-state index < -0.39 is 0 Å². The summed E-state index contributed by atoms with van der Waals surface area (Å²) < 4.78 is 0. The van der Waals surface area contributed by atoms with Crippen molar-refractivity contribution >= 4 is 17.5 Å². The molecule has 3 nitrogen and oxygen atoms in total. The monoisotopic (exact) mass is 282 g/mol. The summed E-state index contributed by atoms with van der Waals surface area (Å²) in [5.74, 6) is 0.0983. The first-order valence-corrected chi connectivity index (χ1v) is 7.12. The van der Waals surface area contributed by atoms with Gasteiger partial charge in [0.05, 0.1) is 0 Å². The van der Waals surface area contributed by atoms with Gasteiger partial charge in [0, 0.05) is 30.1 Å². The summed E-state index contributed by atoms with van der Waals surface area (Å²) in [4.78, 5) is 11.5. The molecule has 1 unspecified atom stereocenters. The molecule has 1 amide bonds. The molecule has 2 N–H and O–H groups in total. The summed E-state index contributed by atoms with van der Waals surface area (Å²) in [7, 11) is 0. The van der Waals surface area contributed by atoms with Crippen LogP contribution in [0.25, 0.3) is 0 Å². The van der Waals surface area contributed by atoms with Crippen LogP contribution in [0, 0.1) is 0 Å². The molecule has 0 saturated heterocycles. The minimum absolute atomic E-state index is 0.0983. The first-order valence-electron chi connectivity index (χ1n) is 6.74. The lowest BCUT2D eigenvalue weighted by Crippen LogP contribution is -2.35. The fraction of sp³-hybridized carbons (Fsp3) is 0.533. The van der Waals surface area contributed by atoms with Gasteiger partial charge in [-0.3, -0.25) is 4.79 Å². The normalized spacial score (nSPS) is 12.5. The second-order valence-corrected chi connectivity index (χ2v) is 5.59. The zero-order valence-corrected chi connectivity index (χ0v) is 12.6. The summed E-state index contributed by atoms with van der Waals surface area (Å²) in [5.41, 5.74) is 1.25. The molecule has 1 atom stereocenters. The van der Waals surface area contributed by atoms with E-state index in [2.05, 4.69) is 17.6 Å². The topological polar surface area (TPSA) is 41.1 Å². The quantitative estimate of drug-likeness (QED) is 0.807. The molecule has 19 heavy (non-hydrogen) atoms. The Balaban J connectivity index is 2.22. The minimum atomic E-state index is 0.0983. The van der Waals surface area contributed by atoms with E-state index in [1.165, 1.54) is 5.56 Å². The highest BCUT2D eigenvalue weighted by Gasteiger charge is 2.06. The minimum Gasteiger partial charge on any atom is -0.354 e. The molecular weight excluding hydrogens is 260 g/mol. The molecule has 1 rings (SSSR count). The number of amides is 1. The largest absolute Gasteiger partial charge is 0.354 e. The van der Waals surface area contributed by atoms with Crippen LogP contribution in [-0.2, 0) is 11.2 Å². The van der Waals surface area contributed by atoms with Crippen LogP contribution in [0.4, 0.5) is 0 Å². The second-order valence-electron chi connectivity index (χ2n) is 5.16. The van der Waals surface area contributed by atoms with Gasteiger partial charge in [-0.05, 0) is 44.9 Å². The van der Waals surface area contributed by atoms with Crippen molar-refractivity contribution in [1.82, 2.24) is 10.6 Å². The standard InChI is InChI=1S/C15H23ClN2O/c1-11(2)18-15(19)8-9-17-12(3)10-13-4-6-14(16)7-5-13/h4-7,11-12,17H,8-10H2,1-3H3,(H,18,19). The van der Waals surface area contributed by atoms with Crippen molar-refractivity contribution in [1.29, 1.82) is 0 Å². The number of halogens is 1. The fourth-order valence-electron chi connectivity index (χ4n) is 1.87. The lowest BCUT2D eigenvalue weighted by atomic mass is 10.1. The van der Waals surface area contributed by atoms with Crippen LogP contribution < -0.4 is 10.6 Å². The van der Waals surface area contributed by atoms with Gasteiger partial charge in [0.2, 0.25) is 5.91 Å². The van der Waals surface area contributed by atoms with Crippen LogP contribution in [0.3, 0.4) is 0 Å². The third kappa shape index (κ3) is 7.19. The maximum atomic E-state index is 11.5. The first kappa shape index (κ1) is 16.0.